The first-order chi connectivity index (χ1) is 4.66. The number of nitriles is 1. The van der Waals surface area contributed by atoms with E-state index in [9.17, 15) is 13.2 Å². The fourth-order valence-electron chi connectivity index (χ4n) is 0. The van der Waals surface area contributed by atoms with Crippen LogP contribution in [-0.2, 0) is 27.2 Å². The Kier molecular flexibility index (Phi) is 9.22. The van der Waals surface area contributed by atoms with Crippen molar-refractivity contribution in [2.75, 3.05) is 0 Å². The van der Waals surface area contributed by atoms with Crippen molar-refractivity contribution in [1.29, 1.82) is 5.26 Å². The minimum absolute atomic E-state index is 0. The summed E-state index contributed by atoms with van der Waals surface area (Å²) < 4.78 is 57.5. The van der Waals surface area contributed by atoms with E-state index in [4.69, 9.17) is 18.2 Å². The maximum absolute atomic E-state index is 10.7. The summed E-state index contributed by atoms with van der Waals surface area (Å²) in [7, 11) is -5.84. The van der Waals surface area contributed by atoms with Crippen molar-refractivity contribution in [3.63, 3.8) is 0 Å². The summed E-state index contributed by atoms with van der Waals surface area (Å²) in [6.45, 7) is 1.43. The summed E-state index contributed by atoms with van der Waals surface area (Å²) >= 11 is 0. The van der Waals surface area contributed by atoms with Gasteiger partial charge in [-0.25, -0.2) is 0 Å². The Hall–Kier alpha value is -0.291. The molecule has 0 aromatic heterocycles. The van der Waals surface area contributed by atoms with Crippen LogP contribution < -0.4 is 0 Å². The third-order valence-corrected chi connectivity index (χ3v) is 0.877. The first-order valence-corrected chi connectivity index (χ1v) is 3.45. The molecule has 0 bridgehead atoms. The average molecular weight is 255 g/mol. The van der Waals surface area contributed by atoms with Gasteiger partial charge >= 0.3 is 15.6 Å². The molecule has 77 valence electrons. The van der Waals surface area contributed by atoms with Gasteiger partial charge in [0.15, 0.2) is 0 Å². The number of halogens is 3. The SMILES string of the molecule is CC#N.O=S(=O)(O)C(F)(F)F.[Cu]. The molecule has 0 saturated heterocycles. The second-order valence-electron chi connectivity index (χ2n) is 1.14. The van der Waals surface area contributed by atoms with E-state index < -0.39 is 15.6 Å². The molecule has 0 spiro atoms. The van der Waals surface area contributed by atoms with Crippen molar-refractivity contribution < 1.29 is 43.2 Å². The van der Waals surface area contributed by atoms with Crippen LogP contribution in [0.1, 0.15) is 6.92 Å². The molecule has 12 heavy (non-hydrogen) atoms. The van der Waals surface area contributed by atoms with Crippen LogP contribution in [0.4, 0.5) is 13.2 Å². The van der Waals surface area contributed by atoms with Gasteiger partial charge in [0.05, 0.1) is 6.07 Å². The summed E-state index contributed by atoms with van der Waals surface area (Å²) in [6, 6.07) is 1.75. The molecule has 1 N–H and O–H groups in total. The fourth-order valence-corrected chi connectivity index (χ4v) is 0. The molecular weight excluding hydrogens is 251 g/mol. The van der Waals surface area contributed by atoms with Crippen LogP contribution in [0.2, 0.25) is 0 Å². The van der Waals surface area contributed by atoms with Crippen LogP contribution in [0.5, 0.6) is 0 Å². The second-order valence-corrected chi connectivity index (χ2v) is 2.56. The van der Waals surface area contributed by atoms with E-state index in [0.29, 0.717) is 0 Å². The number of hydrogen-bond acceptors (Lipinski definition) is 3. The van der Waals surface area contributed by atoms with Crippen molar-refractivity contribution in [3.8, 4) is 6.07 Å². The van der Waals surface area contributed by atoms with E-state index in [1.54, 1.807) is 6.07 Å². The van der Waals surface area contributed by atoms with E-state index in [0.717, 1.165) is 0 Å². The van der Waals surface area contributed by atoms with Gasteiger partial charge in [0, 0.05) is 24.0 Å². The zero-order valence-corrected chi connectivity index (χ0v) is 7.31. The number of alkyl halides is 3. The minimum Gasteiger partial charge on any atom is -0.279 e. The Morgan fingerprint density at radius 1 is 1.42 bits per heavy atom. The molecule has 0 fully saturated rings. The summed E-state index contributed by atoms with van der Waals surface area (Å²) in [4.78, 5) is 0. The van der Waals surface area contributed by atoms with E-state index in [2.05, 4.69) is 0 Å². The topological polar surface area (TPSA) is 78.2 Å². The predicted octanol–water partition coefficient (Wildman–Crippen LogP) is 0.921. The largest absolute Gasteiger partial charge is 0.522 e. The van der Waals surface area contributed by atoms with Gasteiger partial charge in [-0.1, -0.05) is 0 Å². The Balaban J connectivity index is -0.000000177. The molecule has 0 saturated carbocycles. The monoisotopic (exact) mass is 254 g/mol. The maximum Gasteiger partial charge on any atom is 0.522 e. The summed E-state index contributed by atoms with van der Waals surface area (Å²) in [5, 5.41) is 7.32. The van der Waals surface area contributed by atoms with E-state index in [1.807, 2.05) is 0 Å². The van der Waals surface area contributed by atoms with Crippen LogP contribution in [0, 0.1) is 11.3 Å². The van der Waals surface area contributed by atoms with Crippen molar-refractivity contribution >= 4 is 10.1 Å². The zero-order valence-electron chi connectivity index (χ0n) is 5.55. The summed E-state index contributed by atoms with van der Waals surface area (Å²) in [5.74, 6) is 0. The number of nitrogens with zero attached hydrogens (tertiary/aromatic N) is 1. The van der Waals surface area contributed by atoms with Gasteiger partial charge in [-0.15, -0.1) is 0 Å². The molecule has 0 aliphatic rings. The molecule has 0 atom stereocenters. The molecule has 4 nitrogen and oxygen atoms in total. The quantitative estimate of drug-likeness (QED) is 0.396. The first-order valence-electron chi connectivity index (χ1n) is 2.01. The van der Waals surface area contributed by atoms with Crippen molar-refractivity contribution in [1.82, 2.24) is 0 Å². The Morgan fingerprint density at radius 2 is 1.50 bits per heavy atom. The molecule has 0 amide bonds. The van der Waals surface area contributed by atoms with E-state index in [-0.39, 0.29) is 17.1 Å². The van der Waals surface area contributed by atoms with Crippen molar-refractivity contribution in [2.24, 2.45) is 0 Å². The van der Waals surface area contributed by atoms with Crippen LogP contribution in [0.15, 0.2) is 0 Å². The number of hydrogen-bond donors (Lipinski definition) is 1. The van der Waals surface area contributed by atoms with Gasteiger partial charge in [0.2, 0.25) is 0 Å². The fraction of sp³-hybridized carbons (Fsp3) is 0.667. The Morgan fingerprint density at radius 3 is 1.50 bits per heavy atom. The van der Waals surface area contributed by atoms with Gasteiger partial charge < -0.3 is 0 Å². The molecule has 0 rings (SSSR count). The van der Waals surface area contributed by atoms with Gasteiger partial charge in [0.25, 0.3) is 0 Å². The standard InChI is InChI=1S/C2H3N.CHF3O3S.Cu/c1-2-3;2-1(3,4)8(5,6)7;/h1H3;(H,5,6,7);. The van der Waals surface area contributed by atoms with E-state index in [1.165, 1.54) is 6.92 Å². The van der Waals surface area contributed by atoms with Crippen molar-refractivity contribution in [3.05, 3.63) is 0 Å². The van der Waals surface area contributed by atoms with Crippen molar-refractivity contribution in [2.45, 2.75) is 12.4 Å². The molecule has 0 heterocycles. The third-order valence-electron chi connectivity index (χ3n) is 0.292. The molecule has 0 unspecified atom stereocenters. The molecule has 9 heteroatoms. The smallest absolute Gasteiger partial charge is 0.279 e. The van der Waals surface area contributed by atoms with E-state index >= 15 is 0 Å². The van der Waals surface area contributed by atoms with Gasteiger partial charge in [0.1, 0.15) is 0 Å². The summed E-state index contributed by atoms with van der Waals surface area (Å²) in [6.07, 6.45) is 0. The molecule has 0 aromatic rings. The van der Waals surface area contributed by atoms with Crippen LogP contribution >= 0.6 is 0 Å². The number of rotatable bonds is 0. The van der Waals surface area contributed by atoms with Crippen LogP contribution in [0.25, 0.3) is 0 Å². The third kappa shape index (κ3) is 9.71. The maximum atomic E-state index is 10.7. The summed E-state index contributed by atoms with van der Waals surface area (Å²) in [5.41, 5.74) is -5.53. The Labute approximate surface area is 77.6 Å². The normalized spacial score (nSPS) is 10.0. The predicted molar refractivity (Wildman–Crippen MR) is 28.9 cm³/mol. The zero-order chi connectivity index (χ0) is 9.71. The van der Waals surface area contributed by atoms with Crippen LogP contribution in [0.3, 0.4) is 0 Å². The molecule has 0 aliphatic carbocycles. The molecule has 1 radical (unpaired) electrons. The van der Waals surface area contributed by atoms with Gasteiger partial charge in [-0.2, -0.15) is 26.9 Å². The average Bonchev–Trinajstić information content (AvgIpc) is 1.60. The van der Waals surface area contributed by atoms with Crippen LogP contribution in [-0.4, -0.2) is 18.5 Å². The molecule has 0 aromatic carbocycles. The Bertz CT molecular complexity index is 240. The molecular formula is C3H4CuF3NO3S. The minimum atomic E-state index is -5.84. The van der Waals surface area contributed by atoms with Gasteiger partial charge in [-0.05, 0) is 0 Å². The second kappa shape index (κ2) is 6.25. The van der Waals surface area contributed by atoms with Gasteiger partial charge in [-0.3, -0.25) is 4.55 Å². The molecule has 0 aliphatic heterocycles. The first kappa shape index (κ1) is 17.7.